The molecule has 0 aliphatic heterocycles. The summed E-state index contributed by atoms with van der Waals surface area (Å²) >= 11 is 0. The topological polar surface area (TPSA) is 25.2 Å². The van der Waals surface area contributed by atoms with Gasteiger partial charge in [0.15, 0.2) is 0 Å². The minimum Gasteiger partial charge on any atom is -0.392 e. The molecule has 96 valence electrons. The number of benzene rings is 2. The molecule has 0 radical (unpaired) electrons. The number of hydrogen-bond donors (Lipinski definition) is 1. The average molecular weight is 251 g/mol. The van der Waals surface area contributed by atoms with E-state index in [1.54, 1.807) is 0 Å². The molecule has 3 aromatic rings. The van der Waals surface area contributed by atoms with Gasteiger partial charge in [-0.05, 0) is 30.2 Å². The molecule has 0 aliphatic carbocycles. The van der Waals surface area contributed by atoms with Crippen LogP contribution in [0.4, 0.5) is 0 Å². The van der Waals surface area contributed by atoms with Crippen LogP contribution >= 0.6 is 0 Å². The number of aliphatic hydroxyl groups is 1. The third-order valence-electron chi connectivity index (χ3n) is 3.51. The van der Waals surface area contributed by atoms with Crippen molar-refractivity contribution in [3.05, 3.63) is 71.4 Å². The summed E-state index contributed by atoms with van der Waals surface area (Å²) in [6.07, 6.45) is 2.09. The van der Waals surface area contributed by atoms with Gasteiger partial charge in [-0.1, -0.05) is 42.0 Å². The van der Waals surface area contributed by atoms with Gasteiger partial charge in [-0.3, -0.25) is 0 Å². The van der Waals surface area contributed by atoms with E-state index >= 15 is 0 Å². The van der Waals surface area contributed by atoms with Gasteiger partial charge in [0.1, 0.15) is 0 Å². The van der Waals surface area contributed by atoms with Gasteiger partial charge in [-0.15, -0.1) is 0 Å². The van der Waals surface area contributed by atoms with Crippen molar-refractivity contribution in [3.8, 4) is 0 Å². The number of aliphatic hydroxyl groups excluding tert-OH is 1. The maximum absolute atomic E-state index is 9.36. The standard InChI is InChI=1S/C17H17NO/c1-13-4-2-5-14(10-13)11-18-9-8-16-15(12-19)6-3-7-17(16)18/h2-10,19H,11-12H2,1H3. The van der Waals surface area contributed by atoms with E-state index < -0.39 is 0 Å². The summed E-state index contributed by atoms with van der Waals surface area (Å²) in [7, 11) is 0. The highest BCUT2D eigenvalue weighted by Crippen LogP contribution is 2.21. The van der Waals surface area contributed by atoms with Crippen molar-refractivity contribution in [2.75, 3.05) is 0 Å². The second-order valence-electron chi connectivity index (χ2n) is 4.94. The van der Waals surface area contributed by atoms with Crippen LogP contribution in [-0.2, 0) is 13.2 Å². The smallest absolute Gasteiger partial charge is 0.0688 e. The fraction of sp³-hybridized carbons (Fsp3) is 0.176. The summed E-state index contributed by atoms with van der Waals surface area (Å²) in [5.74, 6) is 0. The first kappa shape index (κ1) is 12.0. The molecule has 1 aromatic heterocycles. The summed E-state index contributed by atoms with van der Waals surface area (Å²) < 4.78 is 2.23. The predicted octanol–water partition coefficient (Wildman–Crippen LogP) is 3.49. The van der Waals surface area contributed by atoms with Crippen LogP contribution in [0.5, 0.6) is 0 Å². The number of nitrogens with zero attached hydrogens (tertiary/aromatic N) is 1. The van der Waals surface area contributed by atoms with Gasteiger partial charge in [-0.25, -0.2) is 0 Å². The fourth-order valence-corrected chi connectivity index (χ4v) is 2.57. The minimum absolute atomic E-state index is 0.0891. The van der Waals surface area contributed by atoms with Gasteiger partial charge in [-0.2, -0.15) is 0 Å². The van der Waals surface area contributed by atoms with E-state index in [4.69, 9.17) is 0 Å². The monoisotopic (exact) mass is 251 g/mol. The molecule has 0 saturated carbocycles. The van der Waals surface area contributed by atoms with Crippen molar-refractivity contribution >= 4 is 10.9 Å². The molecule has 1 N–H and O–H groups in total. The molecular formula is C17H17NO. The van der Waals surface area contributed by atoms with E-state index in [9.17, 15) is 5.11 Å². The van der Waals surface area contributed by atoms with E-state index in [2.05, 4.69) is 54.1 Å². The predicted molar refractivity (Wildman–Crippen MR) is 78.1 cm³/mol. The first-order valence-electron chi connectivity index (χ1n) is 6.51. The van der Waals surface area contributed by atoms with Crippen LogP contribution in [0.15, 0.2) is 54.7 Å². The number of fused-ring (bicyclic) bond motifs is 1. The third-order valence-corrected chi connectivity index (χ3v) is 3.51. The number of aryl methyl sites for hydroxylation is 1. The maximum Gasteiger partial charge on any atom is 0.0688 e. The SMILES string of the molecule is Cc1cccc(Cn2ccc3c(CO)cccc32)c1. The zero-order chi connectivity index (χ0) is 13.2. The molecule has 1 heterocycles. The summed E-state index contributed by atoms with van der Waals surface area (Å²) in [6.45, 7) is 3.06. The van der Waals surface area contributed by atoms with Crippen LogP contribution in [0.2, 0.25) is 0 Å². The van der Waals surface area contributed by atoms with Gasteiger partial charge in [0.05, 0.1) is 6.61 Å². The van der Waals surface area contributed by atoms with Gasteiger partial charge in [0, 0.05) is 23.6 Å². The zero-order valence-electron chi connectivity index (χ0n) is 11.0. The largest absolute Gasteiger partial charge is 0.392 e. The van der Waals surface area contributed by atoms with Crippen molar-refractivity contribution in [3.63, 3.8) is 0 Å². The zero-order valence-corrected chi connectivity index (χ0v) is 11.0. The van der Waals surface area contributed by atoms with E-state index in [1.807, 2.05) is 12.1 Å². The molecule has 0 aliphatic rings. The van der Waals surface area contributed by atoms with E-state index in [0.29, 0.717) is 0 Å². The molecule has 2 nitrogen and oxygen atoms in total. The highest BCUT2D eigenvalue weighted by Gasteiger charge is 2.05. The van der Waals surface area contributed by atoms with Crippen LogP contribution in [0.1, 0.15) is 16.7 Å². The van der Waals surface area contributed by atoms with Crippen molar-refractivity contribution in [2.24, 2.45) is 0 Å². The second-order valence-corrected chi connectivity index (χ2v) is 4.94. The van der Waals surface area contributed by atoms with Crippen LogP contribution in [0.3, 0.4) is 0 Å². The first-order valence-corrected chi connectivity index (χ1v) is 6.51. The first-order chi connectivity index (χ1) is 9.28. The molecule has 0 bridgehead atoms. The average Bonchev–Trinajstić information content (AvgIpc) is 2.82. The highest BCUT2D eigenvalue weighted by molar-refractivity contribution is 5.83. The number of hydrogen-bond acceptors (Lipinski definition) is 1. The Morgan fingerprint density at radius 2 is 1.89 bits per heavy atom. The normalized spacial score (nSPS) is 11.1. The Labute approximate surface area is 112 Å². The Hall–Kier alpha value is -2.06. The van der Waals surface area contributed by atoms with Crippen LogP contribution in [0, 0.1) is 6.92 Å². The molecule has 3 rings (SSSR count). The number of rotatable bonds is 3. The second kappa shape index (κ2) is 4.90. The Balaban J connectivity index is 2.02. The van der Waals surface area contributed by atoms with Crippen molar-refractivity contribution in [1.29, 1.82) is 0 Å². The highest BCUT2D eigenvalue weighted by atomic mass is 16.3. The van der Waals surface area contributed by atoms with Gasteiger partial charge >= 0.3 is 0 Å². The minimum atomic E-state index is 0.0891. The quantitative estimate of drug-likeness (QED) is 0.757. The van der Waals surface area contributed by atoms with Crippen molar-refractivity contribution in [1.82, 2.24) is 4.57 Å². The Morgan fingerprint density at radius 3 is 2.68 bits per heavy atom. The lowest BCUT2D eigenvalue weighted by molar-refractivity contribution is 0.283. The van der Waals surface area contributed by atoms with E-state index in [-0.39, 0.29) is 6.61 Å². The molecule has 2 heteroatoms. The van der Waals surface area contributed by atoms with E-state index in [0.717, 1.165) is 17.5 Å². The molecule has 0 saturated heterocycles. The van der Waals surface area contributed by atoms with Gasteiger partial charge < -0.3 is 9.67 Å². The molecule has 0 atom stereocenters. The molecular weight excluding hydrogens is 234 g/mol. The molecule has 0 unspecified atom stereocenters. The molecule has 19 heavy (non-hydrogen) atoms. The summed E-state index contributed by atoms with van der Waals surface area (Å²) in [4.78, 5) is 0. The lowest BCUT2D eigenvalue weighted by Gasteiger charge is -2.07. The third kappa shape index (κ3) is 2.27. The lowest BCUT2D eigenvalue weighted by Crippen LogP contribution is -1.98. The van der Waals surface area contributed by atoms with Crippen LogP contribution < -0.4 is 0 Å². The Bertz CT molecular complexity index is 712. The Morgan fingerprint density at radius 1 is 1.05 bits per heavy atom. The molecule has 0 fully saturated rings. The van der Waals surface area contributed by atoms with Crippen LogP contribution in [0.25, 0.3) is 10.9 Å². The number of aromatic nitrogens is 1. The van der Waals surface area contributed by atoms with Crippen molar-refractivity contribution in [2.45, 2.75) is 20.1 Å². The summed E-state index contributed by atoms with van der Waals surface area (Å²) in [5, 5.41) is 10.5. The van der Waals surface area contributed by atoms with E-state index in [1.165, 1.54) is 16.6 Å². The van der Waals surface area contributed by atoms with Crippen molar-refractivity contribution < 1.29 is 5.11 Å². The van der Waals surface area contributed by atoms with Gasteiger partial charge in [0.25, 0.3) is 0 Å². The summed E-state index contributed by atoms with van der Waals surface area (Å²) in [6, 6.07) is 16.7. The maximum atomic E-state index is 9.36. The molecule has 0 spiro atoms. The fourth-order valence-electron chi connectivity index (χ4n) is 2.57. The van der Waals surface area contributed by atoms with Crippen LogP contribution in [-0.4, -0.2) is 9.67 Å². The Kier molecular flexibility index (Phi) is 3.10. The lowest BCUT2D eigenvalue weighted by atomic mass is 10.1. The summed E-state index contributed by atoms with van der Waals surface area (Å²) in [5.41, 5.74) is 4.74. The van der Waals surface area contributed by atoms with Gasteiger partial charge in [0.2, 0.25) is 0 Å². The molecule has 0 amide bonds. The molecule has 2 aromatic carbocycles.